The van der Waals surface area contributed by atoms with Crippen LogP contribution in [0.1, 0.15) is 42.7 Å². The summed E-state index contributed by atoms with van der Waals surface area (Å²) in [4.78, 5) is 11.1. The van der Waals surface area contributed by atoms with Crippen LogP contribution >= 0.6 is 0 Å². The molecule has 0 bridgehead atoms. The molecule has 2 saturated carbocycles. The van der Waals surface area contributed by atoms with Crippen molar-refractivity contribution in [1.29, 1.82) is 0 Å². The van der Waals surface area contributed by atoms with Crippen molar-refractivity contribution < 1.29 is 9.90 Å². The maximum absolute atomic E-state index is 11.1. The molecule has 1 aromatic carbocycles. The number of carboxylic acid groups (broad SMARTS) is 1. The summed E-state index contributed by atoms with van der Waals surface area (Å²) >= 11 is 0. The van der Waals surface area contributed by atoms with Gasteiger partial charge >= 0.3 is 5.97 Å². The lowest BCUT2D eigenvalue weighted by atomic mass is 10.1. The van der Waals surface area contributed by atoms with E-state index in [0.717, 1.165) is 18.8 Å². The summed E-state index contributed by atoms with van der Waals surface area (Å²) in [6.45, 7) is 0.651. The second-order valence-corrected chi connectivity index (χ2v) is 5.55. The topological polar surface area (TPSA) is 49.3 Å². The molecule has 0 aliphatic heterocycles. The third kappa shape index (κ3) is 2.72. The van der Waals surface area contributed by atoms with Crippen LogP contribution in [0.2, 0.25) is 0 Å². The molecule has 18 heavy (non-hydrogen) atoms. The fraction of sp³-hybridized carbons (Fsp3) is 0.533. The van der Waals surface area contributed by atoms with Gasteiger partial charge in [0.05, 0.1) is 0 Å². The van der Waals surface area contributed by atoms with Gasteiger partial charge in [-0.05, 0) is 48.6 Å². The summed E-state index contributed by atoms with van der Waals surface area (Å²) < 4.78 is 0. The first-order valence-electron chi connectivity index (χ1n) is 6.79. The average Bonchev–Trinajstić information content (AvgIpc) is 3.23. The van der Waals surface area contributed by atoms with Gasteiger partial charge in [-0.15, -0.1) is 0 Å². The quantitative estimate of drug-likeness (QED) is 0.809. The van der Waals surface area contributed by atoms with Crippen LogP contribution in [0.5, 0.6) is 0 Å². The van der Waals surface area contributed by atoms with E-state index in [-0.39, 0.29) is 6.04 Å². The minimum atomic E-state index is -0.716. The molecule has 1 unspecified atom stereocenters. The van der Waals surface area contributed by atoms with Gasteiger partial charge in [-0.2, -0.15) is 0 Å². The fourth-order valence-corrected chi connectivity index (χ4v) is 2.44. The van der Waals surface area contributed by atoms with Crippen molar-refractivity contribution in [3.8, 4) is 0 Å². The molecule has 3 heteroatoms. The third-order valence-corrected chi connectivity index (χ3v) is 3.91. The highest BCUT2D eigenvalue weighted by molar-refractivity contribution is 5.74. The molecule has 0 spiro atoms. The number of benzene rings is 1. The normalized spacial score (nSPS) is 20.7. The third-order valence-electron chi connectivity index (χ3n) is 3.91. The van der Waals surface area contributed by atoms with Crippen molar-refractivity contribution in [2.75, 3.05) is 0 Å². The lowest BCUT2D eigenvalue weighted by molar-refractivity contribution is -0.140. The number of aliphatic carboxylic acids is 1. The molecule has 96 valence electrons. The van der Waals surface area contributed by atoms with Crippen molar-refractivity contribution in [1.82, 2.24) is 5.32 Å². The van der Waals surface area contributed by atoms with E-state index in [1.54, 1.807) is 0 Å². The first-order valence-corrected chi connectivity index (χ1v) is 6.79. The lowest BCUT2D eigenvalue weighted by Crippen LogP contribution is -2.38. The number of hydrogen-bond donors (Lipinski definition) is 2. The second-order valence-electron chi connectivity index (χ2n) is 5.55. The molecule has 0 aromatic heterocycles. The molecule has 0 amide bonds. The van der Waals surface area contributed by atoms with Crippen LogP contribution in [0.3, 0.4) is 0 Å². The van der Waals surface area contributed by atoms with Crippen LogP contribution in [-0.2, 0) is 11.3 Å². The van der Waals surface area contributed by atoms with E-state index < -0.39 is 5.97 Å². The standard InChI is InChI=1S/C15H19NO2/c17-15(18)14(13-7-8-13)16-9-10-1-3-11(4-2-10)12-5-6-12/h1-4,12-14,16H,5-9H2,(H,17,18). The minimum absolute atomic E-state index is 0.341. The molecule has 0 heterocycles. The molecule has 2 fully saturated rings. The Morgan fingerprint density at radius 1 is 1.22 bits per heavy atom. The maximum Gasteiger partial charge on any atom is 0.320 e. The fourth-order valence-electron chi connectivity index (χ4n) is 2.44. The molecule has 1 atom stereocenters. The average molecular weight is 245 g/mol. The smallest absolute Gasteiger partial charge is 0.320 e. The molecule has 0 radical (unpaired) electrons. The van der Waals surface area contributed by atoms with Gasteiger partial charge in [0.2, 0.25) is 0 Å². The van der Waals surface area contributed by atoms with Crippen LogP contribution < -0.4 is 5.32 Å². The van der Waals surface area contributed by atoms with Gasteiger partial charge in [0.1, 0.15) is 6.04 Å². The van der Waals surface area contributed by atoms with E-state index in [1.165, 1.54) is 24.0 Å². The first kappa shape index (κ1) is 11.7. The number of rotatable bonds is 6. The number of nitrogens with one attached hydrogen (secondary N) is 1. The molecular formula is C15H19NO2. The molecule has 1 aromatic rings. The Morgan fingerprint density at radius 3 is 2.39 bits per heavy atom. The zero-order chi connectivity index (χ0) is 12.5. The highest BCUT2D eigenvalue weighted by Gasteiger charge is 2.35. The Morgan fingerprint density at radius 2 is 1.89 bits per heavy atom. The van der Waals surface area contributed by atoms with Gasteiger partial charge in [0.25, 0.3) is 0 Å². The molecule has 3 nitrogen and oxygen atoms in total. The summed E-state index contributed by atoms with van der Waals surface area (Å²) in [5.74, 6) is 0.408. The van der Waals surface area contributed by atoms with Gasteiger partial charge in [0.15, 0.2) is 0 Å². The van der Waals surface area contributed by atoms with Gasteiger partial charge in [-0.25, -0.2) is 0 Å². The van der Waals surface area contributed by atoms with Crippen molar-refractivity contribution in [2.45, 2.75) is 44.2 Å². The van der Waals surface area contributed by atoms with E-state index in [0.29, 0.717) is 12.5 Å². The molecule has 0 saturated heterocycles. The predicted octanol–water partition coefficient (Wildman–Crippen LogP) is 2.52. The van der Waals surface area contributed by atoms with Crippen molar-refractivity contribution in [2.24, 2.45) is 5.92 Å². The Bertz CT molecular complexity index is 432. The molecule has 2 aliphatic rings. The molecule has 3 rings (SSSR count). The van der Waals surface area contributed by atoms with Gasteiger partial charge in [0, 0.05) is 6.54 Å². The Balaban J connectivity index is 1.56. The van der Waals surface area contributed by atoms with E-state index in [1.807, 2.05) is 0 Å². The lowest BCUT2D eigenvalue weighted by Gasteiger charge is -2.13. The number of carbonyl (C=O) groups is 1. The van der Waals surface area contributed by atoms with Crippen LogP contribution in [0, 0.1) is 5.92 Å². The maximum atomic E-state index is 11.1. The number of carboxylic acids is 1. The Kier molecular flexibility index (Phi) is 3.08. The monoisotopic (exact) mass is 245 g/mol. The van der Waals surface area contributed by atoms with E-state index in [4.69, 9.17) is 5.11 Å². The highest BCUT2D eigenvalue weighted by Crippen LogP contribution is 2.39. The molecule has 2 aliphatic carbocycles. The summed E-state index contributed by atoms with van der Waals surface area (Å²) in [6.07, 6.45) is 4.73. The van der Waals surface area contributed by atoms with E-state index in [9.17, 15) is 4.79 Å². The highest BCUT2D eigenvalue weighted by atomic mass is 16.4. The van der Waals surface area contributed by atoms with Crippen LogP contribution in [-0.4, -0.2) is 17.1 Å². The largest absolute Gasteiger partial charge is 0.480 e. The van der Waals surface area contributed by atoms with Crippen molar-refractivity contribution in [3.63, 3.8) is 0 Å². The summed E-state index contributed by atoms with van der Waals surface area (Å²) in [7, 11) is 0. The van der Waals surface area contributed by atoms with Crippen molar-refractivity contribution in [3.05, 3.63) is 35.4 Å². The summed E-state index contributed by atoms with van der Waals surface area (Å²) in [5.41, 5.74) is 2.60. The van der Waals surface area contributed by atoms with Gasteiger partial charge < -0.3 is 10.4 Å². The van der Waals surface area contributed by atoms with Crippen LogP contribution in [0.25, 0.3) is 0 Å². The minimum Gasteiger partial charge on any atom is -0.480 e. The van der Waals surface area contributed by atoms with Crippen LogP contribution in [0.4, 0.5) is 0 Å². The van der Waals surface area contributed by atoms with E-state index >= 15 is 0 Å². The van der Waals surface area contributed by atoms with Gasteiger partial charge in [-0.3, -0.25) is 4.79 Å². The zero-order valence-electron chi connectivity index (χ0n) is 10.4. The van der Waals surface area contributed by atoms with Crippen molar-refractivity contribution >= 4 is 5.97 Å². The Labute approximate surface area is 107 Å². The molecule has 2 N–H and O–H groups in total. The molecular weight excluding hydrogens is 226 g/mol. The predicted molar refractivity (Wildman–Crippen MR) is 69.4 cm³/mol. The summed E-state index contributed by atoms with van der Waals surface area (Å²) in [6, 6.07) is 8.23. The first-order chi connectivity index (χ1) is 8.74. The van der Waals surface area contributed by atoms with Crippen LogP contribution in [0.15, 0.2) is 24.3 Å². The second kappa shape index (κ2) is 4.73. The summed E-state index contributed by atoms with van der Waals surface area (Å²) in [5, 5.41) is 12.3. The Hall–Kier alpha value is -1.35. The number of hydrogen-bond acceptors (Lipinski definition) is 2. The van der Waals surface area contributed by atoms with E-state index in [2.05, 4.69) is 29.6 Å². The zero-order valence-corrected chi connectivity index (χ0v) is 10.4. The SMILES string of the molecule is O=C(O)C(NCc1ccc(C2CC2)cc1)C1CC1. The van der Waals surface area contributed by atoms with Gasteiger partial charge in [-0.1, -0.05) is 24.3 Å².